The second kappa shape index (κ2) is 27.7. The van der Waals surface area contributed by atoms with E-state index in [0.717, 1.165) is 38.4 Å². The first-order valence-corrected chi connectivity index (χ1v) is 27.3. The summed E-state index contributed by atoms with van der Waals surface area (Å²) < 4.78 is 7.73. The topological polar surface area (TPSA) is 281 Å². The molecule has 0 saturated heterocycles. The number of imidazole rings is 1. The summed E-state index contributed by atoms with van der Waals surface area (Å²) in [7, 11) is 0. The lowest BCUT2D eigenvalue weighted by atomic mass is 9.99. The van der Waals surface area contributed by atoms with Gasteiger partial charge in [0.25, 0.3) is 11.8 Å². The summed E-state index contributed by atoms with van der Waals surface area (Å²) in [5.74, 6) is -1.78. The maximum atomic E-state index is 14.5. The van der Waals surface area contributed by atoms with Crippen molar-refractivity contribution in [3.8, 4) is 33.8 Å². The van der Waals surface area contributed by atoms with Crippen LogP contribution in [0, 0.1) is 6.92 Å². The van der Waals surface area contributed by atoms with Crippen LogP contribution < -0.4 is 27.0 Å². The number of urea groups is 1. The number of rotatable bonds is 26. The second-order valence-electron chi connectivity index (χ2n) is 19.9. The van der Waals surface area contributed by atoms with Gasteiger partial charge in [-0.1, -0.05) is 110 Å². The summed E-state index contributed by atoms with van der Waals surface area (Å²) in [6, 6.07) is 40.2. The average molecular weight is 1120 g/mol. The zero-order valence-corrected chi connectivity index (χ0v) is 45.7. The SMILES string of the molecule is Cc1cccc(-c2nc(CN(Cc3ccccc3-c3ccccc3)C(=O)OCc3ccc(NC(=O)[C@H](CCCNC(N)=O)NC(=O)[C@H](Cc4ccccc4)NC(=O)CCCCCN4C(=O)C=CC4=O)cc3)[nH]c2-c2ccc3ncnn3c2)n1. The molecular formula is C62H63N13O8. The zero-order chi connectivity index (χ0) is 58.1. The number of imide groups is 1. The highest BCUT2D eigenvalue weighted by Gasteiger charge is 2.29. The number of hydrogen-bond acceptors (Lipinski definition) is 12. The number of nitrogens with two attached hydrogens (primary N) is 1. The van der Waals surface area contributed by atoms with E-state index in [1.165, 1.54) is 18.5 Å². The molecule has 7 N–H and O–H groups in total. The summed E-state index contributed by atoms with van der Waals surface area (Å²) >= 11 is 0. The highest BCUT2D eigenvalue weighted by atomic mass is 16.6. The van der Waals surface area contributed by atoms with Gasteiger partial charge in [-0.05, 0) is 96.8 Å². The third-order valence-corrected chi connectivity index (χ3v) is 13.8. The van der Waals surface area contributed by atoms with Crippen LogP contribution in [0.2, 0.25) is 0 Å². The van der Waals surface area contributed by atoms with E-state index < -0.39 is 36.0 Å². The fourth-order valence-electron chi connectivity index (χ4n) is 9.58. The molecule has 0 saturated carbocycles. The molecule has 0 radical (unpaired) electrons. The molecule has 83 heavy (non-hydrogen) atoms. The minimum atomic E-state index is -1.11. The minimum Gasteiger partial charge on any atom is -0.445 e. The molecule has 1 aliphatic heterocycles. The molecule has 5 heterocycles. The molecule has 8 aromatic rings. The number of ether oxygens (including phenoxy) is 1. The molecule has 2 atom stereocenters. The van der Waals surface area contributed by atoms with Gasteiger partial charge in [0.2, 0.25) is 17.7 Å². The summed E-state index contributed by atoms with van der Waals surface area (Å²) in [6.07, 6.45) is 7.29. The van der Waals surface area contributed by atoms with E-state index in [-0.39, 0.29) is 76.2 Å². The molecule has 4 aromatic heterocycles. The van der Waals surface area contributed by atoms with Gasteiger partial charge < -0.3 is 36.7 Å². The molecular weight excluding hydrogens is 1050 g/mol. The van der Waals surface area contributed by atoms with Gasteiger partial charge in [0.1, 0.15) is 36.5 Å². The number of H-pyrrole nitrogens is 1. The first kappa shape index (κ1) is 57.4. The smallest absolute Gasteiger partial charge is 0.410 e. The molecule has 8 amide bonds. The second-order valence-corrected chi connectivity index (χ2v) is 19.9. The van der Waals surface area contributed by atoms with Crippen molar-refractivity contribution in [3.05, 3.63) is 192 Å². The lowest BCUT2D eigenvalue weighted by Gasteiger charge is -2.24. The monoisotopic (exact) mass is 1120 g/mol. The number of amides is 8. The van der Waals surface area contributed by atoms with Gasteiger partial charge in [-0.25, -0.2) is 24.1 Å². The van der Waals surface area contributed by atoms with Crippen LogP contribution in [0.5, 0.6) is 0 Å². The molecule has 4 aromatic carbocycles. The van der Waals surface area contributed by atoms with Crippen LogP contribution in [0.15, 0.2) is 164 Å². The van der Waals surface area contributed by atoms with Crippen LogP contribution in [0.3, 0.4) is 0 Å². The largest absolute Gasteiger partial charge is 0.445 e. The van der Waals surface area contributed by atoms with Crippen molar-refractivity contribution in [1.29, 1.82) is 0 Å². The van der Waals surface area contributed by atoms with Gasteiger partial charge in [0, 0.05) is 61.2 Å². The predicted molar refractivity (Wildman–Crippen MR) is 310 cm³/mol. The Morgan fingerprint density at radius 2 is 1.46 bits per heavy atom. The first-order chi connectivity index (χ1) is 40.3. The minimum absolute atomic E-state index is 0.0279. The lowest BCUT2D eigenvalue weighted by molar-refractivity contribution is -0.137. The van der Waals surface area contributed by atoms with E-state index in [1.807, 2.05) is 128 Å². The highest BCUT2D eigenvalue weighted by Crippen LogP contribution is 2.31. The van der Waals surface area contributed by atoms with Crippen molar-refractivity contribution < 1.29 is 38.3 Å². The molecule has 21 nitrogen and oxygen atoms in total. The quantitative estimate of drug-likeness (QED) is 0.0226. The van der Waals surface area contributed by atoms with Crippen LogP contribution >= 0.6 is 0 Å². The number of nitrogens with one attached hydrogen (secondary N) is 5. The van der Waals surface area contributed by atoms with E-state index in [4.69, 9.17) is 20.4 Å². The summed E-state index contributed by atoms with van der Waals surface area (Å²) in [5, 5.41) is 15.4. The Labute approximate surface area is 478 Å². The molecule has 21 heteroatoms. The van der Waals surface area contributed by atoms with Gasteiger partial charge in [-0.3, -0.25) is 38.8 Å². The Balaban J connectivity index is 0.882. The van der Waals surface area contributed by atoms with Crippen LogP contribution in [-0.2, 0) is 54.8 Å². The molecule has 0 aliphatic carbocycles. The Bertz CT molecular complexity index is 3610. The Morgan fingerprint density at radius 1 is 0.711 bits per heavy atom. The number of anilines is 1. The number of unbranched alkanes of at least 4 members (excludes halogenated alkanes) is 2. The fraction of sp³-hybridized carbons (Fsp3) is 0.242. The van der Waals surface area contributed by atoms with E-state index in [9.17, 15) is 33.6 Å². The van der Waals surface area contributed by atoms with E-state index in [0.29, 0.717) is 59.1 Å². The van der Waals surface area contributed by atoms with Crippen molar-refractivity contribution in [2.75, 3.05) is 18.4 Å². The van der Waals surface area contributed by atoms with Gasteiger partial charge in [0.15, 0.2) is 5.65 Å². The number of hydrogen-bond donors (Lipinski definition) is 6. The average Bonchev–Trinajstić information content (AvgIpc) is 3.83. The molecule has 424 valence electrons. The highest BCUT2D eigenvalue weighted by molar-refractivity contribution is 6.12. The van der Waals surface area contributed by atoms with Gasteiger partial charge in [0.05, 0.1) is 24.5 Å². The van der Waals surface area contributed by atoms with Crippen LogP contribution in [0.25, 0.3) is 39.4 Å². The summed E-state index contributed by atoms with van der Waals surface area (Å²) in [4.78, 5) is 112. The van der Waals surface area contributed by atoms with Crippen molar-refractivity contribution in [3.63, 3.8) is 0 Å². The maximum absolute atomic E-state index is 14.5. The number of primary amides is 1. The van der Waals surface area contributed by atoms with Crippen LogP contribution in [-0.4, -0.2) is 106 Å². The summed E-state index contributed by atoms with van der Waals surface area (Å²) in [6.45, 7) is 2.35. The molecule has 1 aliphatic rings. The maximum Gasteiger partial charge on any atom is 0.410 e. The third kappa shape index (κ3) is 15.7. The van der Waals surface area contributed by atoms with Crippen molar-refractivity contribution in [2.24, 2.45) is 5.73 Å². The van der Waals surface area contributed by atoms with Crippen molar-refractivity contribution in [1.82, 2.24) is 55.3 Å². The number of fused-ring (bicyclic) bond motifs is 1. The number of aryl methyl sites for hydroxylation is 1. The molecule has 0 spiro atoms. The number of pyridine rings is 2. The Morgan fingerprint density at radius 3 is 2.22 bits per heavy atom. The molecule has 0 bridgehead atoms. The first-order valence-electron chi connectivity index (χ1n) is 27.3. The van der Waals surface area contributed by atoms with Gasteiger partial charge in [-0.15, -0.1) is 0 Å². The van der Waals surface area contributed by atoms with Crippen molar-refractivity contribution in [2.45, 2.75) is 83.6 Å². The lowest BCUT2D eigenvalue weighted by Crippen LogP contribution is -2.53. The Kier molecular flexibility index (Phi) is 19.2. The zero-order valence-electron chi connectivity index (χ0n) is 45.7. The normalized spacial score (nSPS) is 12.7. The van der Waals surface area contributed by atoms with Gasteiger partial charge >= 0.3 is 12.1 Å². The third-order valence-electron chi connectivity index (χ3n) is 13.8. The standard InChI is InChI=1S/C62H63N13O8/c1-41-15-13-22-49(67-41)58-57(46-27-30-53-65-40-66-75(53)37-46)71-52(72-58)38-73(36-45-20-10-11-21-48(45)44-18-7-3-8-19-44)62(82)83-39-43-25-28-47(29-26-43)68-59(79)50(23-14-33-64-61(63)81)70-60(80)51(35-42-16-5-2-6-17-42)69-54(76)24-9-4-12-34-74-55(77)31-32-56(74)78/h2-3,5-8,10-11,13,15-22,25-32,37,40,50-51H,4,9,12,14,23-24,33-36,38-39H2,1H3,(H,68,79)(H,69,76)(H,70,80)(H,71,72)(H3,63,64,81)/t50-,51-/m0/s1. The van der Waals surface area contributed by atoms with Crippen LogP contribution in [0.4, 0.5) is 15.3 Å². The predicted octanol–water partition coefficient (Wildman–Crippen LogP) is 7.58. The Hall–Kier alpha value is -10.3. The fourth-order valence-corrected chi connectivity index (χ4v) is 9.58. The molecule has 9 rings (SSSR count). The summed E-state index contributed by atoms with van der Waals surface area (Å²) in [5.41, 5.74) is 14.1. The van der Waals surface area contributed by atoms with E-state index >= 15 is 0 Å². The van der Waals surface area contributed by atoms with Gasteiger partial charge in [-0.2, -0.15) is 5.10 Å². The number of aromatic nitrogens is 6. The number of benzene rings is 4. The van der Waals surface area contributed by atoms with E-state index in [2.05, 4.69) is 36.3 Å². The molecule has 0 fully saturated rings. The number of carbonyl (C=O) groups is 7. The van der Waals surface area contributed by atoms with Crippen LogP contribution in [0.1, 0.15) is 66.7 Å². The number of nitrogens with zero attached hydrogens (tertiary/aromatic N) is 7. The van der Waals surface area contributed by atoms with Crippen molar-refractivity contribution >= 4 is 53.0 Å². The molecule has 0 unspecified atom stereocenters. The number of carbonyl (C=O) groups excluding carboxylic acids is 7. The van der Waals surface area contributed by atoms with E-state index in [1.54, 1.807) is 33.7 Å². The number of aromatic amines is 1.